The summed E-state index contributed by atoms with van der Waals surface area (Å²) in [4.78, 5) is 14.4. The van der Waals surface area contributed by atoms with E-state index in [0.29, 0.717) is 24.0 Å². The summed E-state index contributed by atoms with van der Waals surface area (Å²) in [7, 11) is 5.03. The third-order valence-electron chi connectivity index (χ3n) is 4.75. The van der Waals surface area contributed by atoms with Crippen molar-refractivity contribution in [2.24, 2.45) is 0 Å². The predicted molar refractivity (Wildman–Crippen MR) is 112 cm³/mol. The number of hydrogen-bond donors (Lipinski definition) is 0. The second kappa shape index (κ2) is 10.0. The zero-order valence-corrected chi connectivity index (χ0v) is 17.7. The Morgan fingerprint density at radius 3 is 2.36 bits per heavy atom. The molecule has 5 nitrogen and oxygen atoms in total. The Kier molecular flexibility index (Phi) is 7.73. The summed E-state index contributed by atoms with van der Waals surface area (Å²) in [6, 6.07) is 13.7. The van der Waals surface area contributed by atoms with Crippen LogP contribution in [0, 0.1) is 0 Å². The SMILES string of the molecule is COc1ccc(CCN(C)C(=O)C(C)Oc2cccc(C(C)C)c2)cc1OC. The molecule has 2 aromatic carbocycles. The lowest BCUT2D eigenvalue weighted by Crippen LogP contribution is -2.39. The smallest absolute Gasteiger partial charge is 0.263 e. The molecule has 0 spiro atoms. The number of rotatable bonds is 9. The van der Waals surface area contributed by atoms with Crippen molar-refractivity contribution in [3.63, 3.8) is 0 Å². The van der Waals surface area contributed by atoms with Gasteiger partial charge in [-0.05, 0) is 54.7 Å². The fourth-order valence-electron chi connectivity index (χ4n) is 2.96. The average molecular weight is 386 g/mol. The minimum absolute atomic E-state index is 0.0459. The first-order chi connectivity index (χ1) is 13.3. The monoisotopic (exact) mass is 385 g/mol. The molecular formula is C23H31NO4. The fourth-order valence-corrected chi connectivity index (χ4v) is 2.96. The molecule has 0 saturated carbocycles. The molecule has 0 N–H and O–H groups in total. The van der Waals surface area contributed by atoms with Crippen LogP contribution in [0.2, 0.25) is 0 Å². The third-order valence-corrected chi connectivity index (χ3v) is 4.75. The Morgan fingerprint density at radius 1 is 1.00 bits per heavy atom. The Hall–Kier alpha value is -2.69. The highest BCUT2D eigenvalue weighted by Crippen LogP contribution is 2.27. The predicted octanol–water partition coefficient (Wildman–Crippen LogP) is 4.30. The molecule has 28 heavy (non-hydrogen) atoms. The van der Waals surface area contributed by atoms with Crippen LogP contribution in [0.3, 0.4) is 0 Å². The number of likely N-dealkylation sites (N-methyl/N-ethyl adjacent to an activating group) is 1. The molecule has 5 heteroatoms. The second-order valence-corrected chi connectivity index (χ2v) is 7.19. The van der Waals surface area contributed by atoms with Gasteiger partial charge in [-0.1, -0.05) is 32.0 Å². The van der Waals surface area contributed by atoms with Gasteiger partial charge in [-0.25, -0.2) is 0 Å². The largest absolute Gasteiger partial charge is 0.493 e. The Labute approximate surface area is 168 Å². The summed E-state index contributed by atoms with van der Waals surface area (Å²) in [5.41, 5.74) is 2.27. The lowest BCUT2D eigenvalue weighted by molar-refractivity contribution is -0.136. The number of nitrogens with zero attached hydrogens (tertiary/aromatic N) is 1. The molecule has 1 atom stereocenters. The number of methoxy groups -OCH3 is 2. The second-order valence-electron chi connectivity index (χ2n) is 7.19. The van der Waals surface area contributed by atoms with E-state index in [1.54, 1.807) is 33.1 Å². The molecule has 0 aliphatic carbocycles. The summed E-state index contributed by atoms with van der Waals surface area (Å²) in [6.45, 7) is 6.65. The van der Waals surface area contributed by atoms with E-state index in [4.69, 9.17) is 14.2 Å². The van der Waals surface area contributed by atoms with Crippen LogP contribution in [0.4, 0.5) is 0 Å². The van der Waals surface area contributed by atoms with Gasteiger partial charge in [-0.3, -0.25) is 4.79 Å². The zero-order chi connectivity index (χ0) is 20.7. The van der Waals surface area contributed by atoms with Crippen LogP contribution in [-0.4, -0.2) is 44.7 Å². The minimum atomic E-state index is -0.544. The summed E-state index contributed by atoms with van der Waals surface area (Å²) in [6.07, 6.45) is 0.177. The maximum absolute atomic E-state index is 12.7. The minimum Gasteiger partial charge on any atom is -0.493 e. The van der Waals surface area contributed by atoms with Crippen molar-refractivity contribution in [3.8, 4) is 17.2 Å². The van der Waals surface area contributed by atoms with Crippen LogP contribution in [0.1, 0.15) is 37.8 Å². The molecule has 0 saturated heterocycles. The first-order valence-electron chi connectivity index (χ1n) is 9.58. The van der Waals surface area contributed by atoms with Gasteiger partial charge in [0.05, 0.1) is 14.2 Å². The van der Waals surface area contributed by atoms with E-state index in [9.17, 15) is 4.79 Å². The lowest BCUT2D eigenvalue weighted by Gasteiger charge is -2.22. The molecule has 0 heterocycles. The van der Waals surface area contributed by atoms with Gasteiger partial charge in [0.2, 0.25) is 0 Å². The van der Waals surface area contributed by atoms with E-state index in [1.165, 1.54) is 5.56 Å². The van der Waals surface area contributed by atoms with Crippen LogP contribution >= 0.6 is 0 Å². The van der Waals surface area contributed by atoms with Crippen LogP contribution in [-0.2, 0) is 11.2 Å². The van der Waals surface area contributed by atoms with Crippen LogP contribution in [0.25, 0.3) is 0 Å². The summed E-state index contributed by atoms with van der Waals surface area (Å²) >= 11 is 0. The van der Waals surface area contributed by atoms with Gasteiger partial charge in [0, 0.05) is 13.6 Å². The Morgan fingerprint density at radius 2 is 1.71 bits per heavy atom. The van der Waals surface area contributed by atoms with Gasteiger partial charge in [-0.2, -0.15) is 0 Å². The fraction of sp³-hybridized carbons (Fsp3) is 0.435. The van der Waals surface area contributed by atoms with Crippen molar-refractivity contribution in [2.45, 2.75) is 39.2 Å². The van der Waals surface area contributed by atoms with E-state index in [-0.39, 0.29) is 5.91 Å². The first-order valence-corrected chi connectivity index (χ1v) is 9.58. The average Bonchev–Trinajstić information content (AvgIpc) is 2.71. The molecule has 0 bridgehead atoms. The van der Waals surface area contributed by atoms with Crippen molar-refractivity contribution in [3.05, 3.63) is 53.6 Å². The van der Waals surface area contributed by atoms with E-state index >= 15 is 0 Å². The van der Waals surface area contributed by atoms with Crippen LogP contribution < -0.4 is 14.2 Å². The van der Waals surface area contributed by atoms with Gasteiger partial charge in [0.25, 0.3) is 5.91 Å². The number of benzene rings is 2. The zero-order valence-electron chi connectivity index (χ0n) is 17.7. The molecule has 1 unspecified atom stereocenters. The van der Waals surface area contributed by atoms with Gasteiger partial charge >= 0.3 is 0 Å². The van der Waals surface area contributed by atoms with E-state index in [2.05, 4.69) is 19.9 Å². The first kappa shape index (κ1) is 21.6. The normalized spacial score (nSPS) is 11.8. The summed E-state index contributed by atoms with van der Waals surface area (Å²) < 4.78 is 16.5. The van der Waals surface area contributed by atoms with Crippen molar-refractivity contribution in [1.29, 1.82) is 0 Å². The van der Waals surface area contributed by atoms with E-state index < -0.39 is 6.10 Å². The summed E-state index contributed by atoms with van der Waals surface area (Å²) in [5, 5.41) is 0. The van der Waals surface area contributed by atoms with Gasteiger partial charge in [0.15, 0.2) is 17.6 Å². The number of amides is 1. The summed E-state index contributed by atoms with van der Waals surface area (Å²) in [5.74, 6) is 2.48. The van der Waals surface area contributed by atoms with Gasteiger partial charge in [-0.15, -0.1) is 0 Å². The van der Waals surface area contributed by atoms with Crippen LogP contribution in [0.5, 0.6) is 17.2 Å². The maximum atomic E-state index is 12.7. The molecular weight excluding hydrogens is 354 g/mol. The number of carbonyl (C=O) groups excluding carboxylic acids is 1. The lowest BCUT2D eigenvalue weighted by atomic mass is 10.0. The highest BCUT2D eigenvalue weighted by Gasteiger charge is 2.19. The molecule has 152 valence electrons. The molecule has 0 radical (unpaired) electrons. The molecule has 0 aliphatic rings. The molecule has 1 amide bonds. The van der Waals surface area contributed by atoms with E-state index in [0.717, 1.165) is 17.7 Å². The van der Waals surface area contributed by atoms with E-state index in [1.807, 2.05) is 36.4 Å². The highest BCUT2D eigenvalue weighted by atomic mass is 16.5. The molecule has 2 rings (SSSR count). The molecule has 0 aliphatic heterocycles. The Bertz CT molecular complexity index is 788. The maximum Gasteiger partial charge on any atom is 0.263 e. The van der Waals surface area contributed by atoms with Crippen molar-refractivity contribution in [2.75, 3.05) is 27.8 Å². The van der Waals surface area contributed by atoms with Crippen molar-refractivity contribution >= 4 is 5.91 Å². The highest BCUT2D eigenvalue weighted by molar-refractivity contribution is 5.80. The quantitative estimate of drug-likeness (QED) is 0.646. The molecule has 0 aromatic heterocycles. The standard InChI is InChI=1S/C23H31NO4/c1-16(2)19-8-7-9-20(15-19)28-17(3)23(25)24(4)13-12-18-10-11-21(26-5)22(14-18)27-6/h7-11,14-17H,12-13H2,1-6H3. The number of hydrogen-bond acceptors (Lipinski definition) is 4. The van der Waals surface area contributed by atoms with Crippen LogP contribution in [0.15, 0.2) is 42.5 Å². The van der Waals surface area contributed by atoms with Gasteiger partial charge in [0.1, 0.15) is 5.75 Å². The third kappa shape index (κ3) is 5.65. The molecule has 0 fully saturated rings. The number of carbonyl (C=O) groups is 1. The molecule has 2 aromatic rings. The van der Waals surface area contributed by atoms with Gasteiger partial charge < -0.3 is 19.1 Å². The Balaban J connectivity index is 1.94. The topological polar surface area (TPSA) is 48.0 Å². The van der Waals surface area contributed by atoms with Crippen molar-refractivity contribution < 1.29 is 19.0 Å². The van der Waals surface area contributed by atoms with Crippen molar-refractivity contribution in [1.82, 2.24) is 4.90 Å². The number of ether oxygens (including phenoxy) is 3.